The van der Waals surface area contributed by atoms with E-state index in [1.54, 1.807) is 19.9 Å². The summed E-state index contributed by atoms with van der Waals surface area (Å²) in [6.45, 7) is 3.42. The van der Waals surface area contributed by atoms with Crippen LogP contribution in [0.1, 0.15) is 38.3 Å². The molecule has 6 nitrogen and oxygen atoms in total. The second-order valence-electron chi connectivity index (χ2n) is 5.61. The Bertz CT molecular complexity index is 536. The number of alkyl halides is 1. The maximum absolute atomic E-state index is 11.9. The molecule has 0 saturated heterocycles. The summed E-state index contributed by atoms with van der Waals surface area (Å²) in [5, 5.41) is 24.6. The van der Waals surface area contributed by atoms with Crippen molar-refractivity contribution in [1.82, 2.24) is 5.32 Å². The topological polar surface area (TPSA) is 85.5 Å². The van der Waals surface area contributed by atoms with Crippen LogP contribution in [0.2, 0.25) is 0 Å². The third kappa shape index (κ3) is 3.39. The largest absolute Gasteiger partial charge is 0.619 e. The first kappa shape index (κ1) is 15.9. The molecular weight excluding hydrogens is 296 g/mol. The lowest BCUT2D eigenvalue weighted by Crippen LogP contribution is -2.54. The second kappa shape index (κ2) is 6.07. The number of fused-ring (bicyclic) bond motifs is 1. The van der Waals surface area contributed by atoms with Crippen molar-refractivity contribution in [2.24, 2.45) is 0 Å². The molecule has 2 N–H and O–H groups in total. The van der Waals surface area contributed by atoms with Crippen LogP contribution in [0, 0.1) is 5.21 Å². The van der Waals surface area contributed by atoms with Crippen molar-refractivity contribution in [1.29, 1.82) is 0 Å². The number of rotatable bonds is 4. The Morgan fingerprint density at radius 2 is 2.33 bits per heavy atom. The summed E-state index contributed by atoms with van der Waals surface area (Å²) in [6.07, 6.45) is 2.54. The quantitative estimate of drug-likeness (QED) is 0.494. The van der Waals surface area contributed by atoms with Crippen LogP contribution in [-0.2, 0) is 4.79 Å². The van der Waals surface area contributed by atoms with E-state index in [1.807, 2.05) is 0 Å². The van der Waals surface area contributed by atoms with Gasteiger partial charge in [0.25, 0.3) is 0 Å². The van der Waals surface area contributed by atoms with E-state index in [2.05, 4.69) is 5.32 Å². The Hall–Kier alpha value is -1.53. The van der Waals surface area contributed by atoms with Crippen LogP contribution in [0.5, 0.6) is 5.75 Å². The van der Waals surface area contributed by atoms with Crippen molar-refractivity contribution in [3.05, 3.63) is 29.2 Å². The number of aromatic nitrogens is 1. The highest BCUT2D eigenvalue weighted by molar-refractivity contribution is 6.17. The molecule has 0 radical (unpaired) electrons. The number of amides is 1. The summed E-state index contributed by atoms with van der Waals surface area (Å²) in [4.78, 5) is 11.9. The molecule has 0 saturated carbocycles. The normalized spacial score (nSPS) is 23.0. The maximum atomic E-state index is 11.9. The molecule has 1 aromatic rings. The number of hydrogen-bond donors (Lipinski definition) is 2. The average Bonchev–Trinajstić information content (AvgIpc) is 2.41. The van der Waals surface area contributed by atoms with Crippen molar-refractivity contribution in [2.75, 3.05) is 5.88 Å². The van der Waals surface area contributed by atoms with Crippen molar-refractivity contribution in [3.63, 3.8) is 0 Å². The van der Waals surface area contributed by atoms with Gasteiger partial charge in [-0.1, -0.05) is 0 Å². The van der Waals surface area contributed by atoms with Crippen molar-refractivity contribution >= 4 is 17.5 Å². The predicted octanol–water partition coefficient (Wildman–Crippen LogP) is 1.03. The fraction of sp³-hybridized carbons (Fsp3) is 0.571. The van der Waals surface area contributed by atoms with E-state index in [4.69, 9.17) is 16.3 Å². The fourth-order valence-electron chi connectivity index (χ4n) is 2.36. The molecule has 7 heteroatoms. The molecular formula is C14H19ClN2O4. The first-order chi connectivity index (χ1) is 9.85. The van der Waals surface area contributed by atoms with E-state index in [-0.39, 0.29) is 12.3 Å². The number of ether oxygens (including phenoxy) is 1. The Morgan fingerprint density at radius 3 is 3.00 bits per heavy atom. The lowest BCUT2D eigenvalue weighted by molar-refractivity contribution is -0.606. The van der Waals surface area contributed by atoms with Gasteiger partial charge in [0.1, 0.15) is 11.7 Å². The Labute approximate surface area is 128 Å². The lowest BCUT2D eigenvalue weighted by Gasteiger charge is -2.41. The van der Waals surface area contributed by atoms with E-state index < -0.39 is 17.7 Å². The average molecular weight is 315 g/mol. The molecule has 1 amide bonds. The third-order valence-electron chi connectivity index (χ3n) is 3.52. The summed E-state index contributed by atoms with van der Waals surface area (Å²) in [7, 11) is 0. The number of nitrogens with one attached hydrogen (secondary N) is 1. The van der Waals surface area contributed by atoms with Gasteiger partial charge in [-0.25, -0.2) is 0 Å². The van der Waals surface area contributed by atoms with Crippen LogP contribution >= 0.6 is 11.6 Å². The summed E-state index contributed by atoms with van der Waals surface area (Å²) < 4.78 is 6.29. The van der Waals surface area contributed by atoms with Crippen molar-refractivity contribution in [3.8, 4) is 5.75 Å². The van der Waals surface area contributed by atoms with Crippen LogP contribution in [-0.4, -0.2) is 28.6 Å². The minimum absolute atomic E-state index is 0.192. The minimum atomic E-state index is -0.924. The highest BCUT2D eigenvalue weighted by Crippen LogP contribution is 2.38. The van der Waals surface area contributed by atoms with Crippen LogP contribution in [0.25, 0.3) is 0 Å². The van der Waals surface area contributed by atoms with Gasteiger partial charge in [0, 0.05) is 23.9 Å². The van der Waals surface area contributed by atoms with Gasteiger partial charge in [-0.15, -0.1) is 11.6 Å². The molecule has 0 aromatic carbocycles. The molecule has 0 bridgehead atoms. The maximum Gasteiger partial charge on any atom is 0.222 e. The predicted molar refractivity (Wildman–Crippen MR) is 77.0 cm³/mol. The van der Waals surface area contributed by atoms with Gasteiger partial charge in [0.05, 0.1) is 6.04 Å². The van der Waals surface area contributed by atoms with Gasteiger partial charge in [-0.05, 0) is 20.3 Å². The van der Waals surface area contributed by atoms with Gasteiger partial charge in [-0.3, -0.25) is 4.79 Å². The van der Waals surface area contributed by atoms with E-state index >= 15 is 0 Å². The molecule has 0 unspecified atom stereocenters. The smallest absolute Gasteiger partial charge is 0.222 e. The SMILES string of the molecule is CC1(C)Oc2c[n+]([O-])ccc2[C@H](NC(=O)CCCCl)[C@H]1O. The zero-order valence-corrected chi connectivity index (χ0v) is 12.8. The van der Waals surface area contributed by atoms with Crippen molar-refractivity contribution < 1.29 is 19.4 Å². The van der Waals surface area contributed by atoms with Crippen LogP contribution < -0.4 is 14.8 Å². The molecule has 116 valence electrons. The van der Waals surface area contributed by atoms with Crippen LogP contribution in [0.4, 0.5) is 0 Å². The fourth-order valence-corrected chi connectivity index (χ4v) is 2.49. The van der Waals surface area contributed by atoms with E-state index in [9.17, 15) is 15.1 Å². The summed E-state index contributed by atoms with van der Waals surface area (Å²) in [5.41, 5.74) is -0.320. The summed E-state index contributed by atoms with van der Waals surface area (Å²) in [6, 6.07) is 0.931. The van der Waals surface area contributed by atoms with Gasteiger partial charge in [-0.2, -0.15) is 4.73 Å². The Balaban J connectivity index is 2.28. The number of aliphatic hydroxyl groups is 1. The number of hydrogen-bond acceptors (Lipinski definition) is 4. The standard InChI is InChI=1S/C14H19ClN2O4/c1-14(2)13(19)12(16-11(18)4-3-6-15)9-5-7-17(20)8-10(9)21-14/h5,7-8,12-13,19H,3-4,6H2,1-2H3,(H,16,18)/t12-,13+/m0/s1. The molecule has 2 atom stereocenters. The van der Waals surface area contributed by atoms with E-state index in [1.165, 1.54) is 12.4 Å². The highest BCUT2D eigenvalue weighted by atomic mass is 35.5. The molecule has 0 spiro atoms. The first-order valence-corrected chi connectivity index (χ1v) is 7.33. The summed E-state index contributed by atoms with van der Waals surface area (Å²) in [5.74, 6) is 0.579. The molecule has 0 fully saturated rings. The monoisotopic (exact) mass is 314 g/mol. The Morgan fingerprint density at radius 1 is 1.62 bits per heavy atom. The molecule has 1 aliphatic heterocycles. The van der Waals surface area contributed by atoms with Gasteiger partial charge in [0.15, 0.2) is 11.9 Å². The number of nitrogens with zero attached hydrogens (tertiary/aromatic N) is 1. The van der Waals surface area contributed by atoms with Crippen LogP contribution in [0.3, 0.4) is 0 Å². The minimum Gasteiger partial charge on any atom is -0.619 e. The number of pyridine rings is 1. The molecule has 1 aromatic heterocycles. The summed E-state index contributed by atoms with van der Waals surface area (Å²) >= 11 is 5.57. The highest BCUT2D eigenvalue weighted by Gasteiger charge is 2.44. The Kier molecular flexibility index (Phi) is 4.58. The van der Waals surface area contributed by atoms with Gasteiger partial charge in [0.2, 0.25) is 12.1 Å². The molecule has 0 aliphatic carbocycles. The molecule has 2 rings (SSSR count). The zero-order chi connectivity index (χ0) is 15.6. The first-order valence-electron chi connectivity index (χ1n) is 6.80. The number of aliphatic hydroxyl groups excluding tert-OH is 1. The molecule has 2 heterocycles. The number of carbonyl (C=O) groups excluding carboxylic acids is 1. The molecule has 21 heavy (non-hydrogen) atoms. The van der Waals surface area contributed by atoms with Crippen LogP contribution in [0.15, 0.2) is 18.5 Å². The zero-order valence-electron chi connectivity index (χ0n) is 12.0. The number of carbonyl (C=O) groups is 1. The second-order valence-corrected chi connectivity index (χ2v) is 5.99. The van der Waals surface area contributed by atoms with Crippen molar-refractivity contribution in [2.45, 2.75) is 44.4 Å². The third-order valence-corrected chi connectivity index (χ3v) is 3.79. The lowest BCUT2D eigenvalue weighted by atomic mass is 9.87. The van der Waals surface area contributed by atoms with E-state index in [0.717, 1.165) is 0 Å². The molecule has 1 aliphatic rings. The van der Waals surface area contributed by atoms with E-state index in [0.29, 0.717) is 28.3 Å². The van der Waals surface area contributed by atoms with Gasteiger partial charge < -0.3 is 20.4 Å². The number of halogens is 1. The van der Waals surface area contributed by atoms with Gasteiger partial charge >= 0.3 is 0 Å².